The molecule has 0 bridgehead atoms. The number of hydrogen-bond acceptors (Lipinski definition) is 2. The summed E-state index contributed by atoms with van der Waals surface area (Å²) in [6.45, 7) is 0. The van der Waals surface area contributed by atoms with Gasteiger partial charge in [0.05, 0.1) is 7.11 Å². The van der Waals surface area contributed by atoms with Gasteiger partial charge in [-0.2, -0.15) is 0 Å². The van der Waals surface area contributed by atoms with Crippen LogP contribution < -0.4 is 0 Å². The van der Waals surface area contributed by atoms with Crippen molar-refractivity contribution >= 4 is 6.16 Å². The van der Waals surface area contributed by atoms with Gasteiger partial charge in [-0.25, -0.2) is 4.79 Å². The van der Waals surface area contributed by atoms with Crippen molar-refractivity contribution < 1.29 is 31.7 Å². The Bertz CT molecular complexity index is 44.1. The fourth-order valence-electron chi connectivity index (χ4n) is 0. The molecule has 0 heterocycles. The van der Waals surface area contributed by atoms with E-state index in [2.05, 4.69) is 4.74 Å². The van der Waals surface area contributed by atoms with Gasteiger partial charge in [-0.05, 0) is 0 Å². The van der Waals surface area contributed by atoms with Gasteiger partial charge < -0.3 is 9.84 Å². The summed E-state index contributed by atoms with van der Waals surface area (Å²) in [4.78, 5) is 9.15. The average molecular weight is 140 g/mol. The Balaban J connectivity index is 0. The van der Waals surface area contributed by atoms with Crippen molar-refractivity contribution in [1.82, 2.24) is 0 Å². The predicted molar refractivity (Wildman–Crippen MR) is 15.0 cm³/mol. The van der Waals surface area contributed by atoms with Crippen LogP contribution in [0.15, 0.2) is 0 Å². The van der Waals surface area contributed by atoms with E-state index in [9.17, 15) is 0 Å². The van der Waals surface area contributed by atoms with E-state index in [4.69, 9.17) is 9.90 Å². The molecule has 0 rings (SSSR count). The molecule has 0 fully saturated rings. The van der Waals surface area contributed by atoms with Crippen LogP contribution in [0.4, 0.5) is 4.79 Å². The Morgan fingerprint density at radius 2 is 2.00 bits per heavy atom. The van der Waals surface area contributed by atoms with Crippen molar-refractivity contribution in [3.8, 4) is 0 Å². The van der Waals surface area contributed by atoms with Crippen LogP contribution in [0.1, 0.15) is 0 Å². The zero-order valence-electron chi connectivity index (χ0n) is 3.07. The number of hydrogen-bond donors (Lipinski definition) is 1. The second kappa shape index (κ2) is 4.79. The monoisotopic (exact) mass is 139 g/mol. The normalized spacial score (nSPS) is 5.50. The van der Waals surface area contributed by atoms with Gasteiger partial charge in [-0.1, -0.05) is 0 Å². The Hall–Kier alpha value is -0.211. The molecule has 0 aliphatic heterocycles. The van der Waals surface area contributed by atoms with Crippen LogP contribution in [0.5, 0.6) is 0 Å². The number of methoxy groups -OCH3 is 1. The molecule has 0 saturated carbocycles. The maximum atomic E-state index is 9.15. The molecule has 0 saturated heterocycles. The van der Waals surface area contributed by atoms with E-state index in [0.29, 0.717) is 0 Å². The molecule has 1 radical (unpaired) electrons. The van der Waals surface area contributed by atoms with Gasteiger partial charge in [-0.3, -0.25) is 0 Å². The van der Waals surface area contributed by atoms with Crippen LogP contribution in [0.25, 0.3) is 0 Å². The van der Waals surface area contributed by atoms with Crippen molar-refractivity contribution in [3.05, 3.63) is 0 Å². The molecule has 0 spiro atoms. The summed E-state index contributed by atoms with van der Waals surface area (Å²) in [7, 11) is 1.10. The van der Waals surface area contributed by atoms with E-state index < -0.39 is 6.16 Å². The summed E-state index contributed by atoms with van der Waals surface area (Å²) >= 11 is 0. The van der Waals surface area contributed by atoms with E-state index in [1.165, 1.54) is 0 Å². The predicted octanol–water partition coefficient (Wildman–Crippen LogP) is 0.308. The van der Waals surface area contributed by atoms with Gasteiger partial charge in [0.2, 0.25) is 0 Å². The van der Waals surface area contributed by atoms with Gasteiger partial charge in [0.1, 0.15) is 0 Å². The third kappa shape index (κ3) is 9.21. The maximum Gasteiger partial charge on any atom is 0.505 e. The second-order valence-corrected chi connectivity index (χ2v) is 0.470. The maximum absolute atomic E-state index is 9.15. The smallest absolute Gasteiger partial charge is 0.450 e. The average Bonchev–Trinajstić information content (AvgIpc) is 1.38. The van der Waals surface area contributed by atoms with Crippen LogP contribution in [0.2, 0.25) is 0 Å². The Labute approximate surface area is 45.8 Å². The first-order valence-corrected chi connectivity index (χ1v) is 1.04. The summed E-state index contributed by atoms with van der Waals surface area (Å²) in [5.74, 6) is 0. The van der Waals surface area contributed by atoms with Crippen LogP contribution in [-0.2, 0) is 21.8 Å². The van der Waals surface area contributed by atoms with E-state index in [0.717, 1.165) is 7.11 Å². The molecular formula is C2H4CuO3. The summed E-state index contributed by atoms with van der Waals surface area (Å²) < 4.78 is 3.67. The van der Waals surface area contributed by atoms with Gasteiger partial charge in [0.15, 0.2) is 0 Å². The zero-order chi connectivity index (χ0) is 4.28. The Morgan fingerprint density at radius 1 is 1.83 bits per heavy atom. The van der Waals surface area contributed by atoms with Gasteiger partial charge in [0, 0.05) is 17.1 Å². The first kappa shape index (κ1) is 9.25. The number of carboxylic acid groups (broad SMARTS) is 1. The number of carbonyl (C=O) groups is 1. The molecule has 0 aliphatic rings. The standard InChI is InChI=1S/C2H4O3.Cu/c1-5-2(3)4;/h1H3,(H,3,4);. The molecule has 0 atom stereocenters. The quantitative estimate of drug-likeness (QED) is 0.388. The number of ether oxygens (including phenoxy) is 1. The molecule has 3 nitrogen and oxygen atoms in total. The summed E-state index contributed by atoms with van der Waals surface area (Å²) in [6.07, 6.45) is -1.25. The van der Waals surface area contributed by atoms with Crippen molar-refractivity contribution in [1.29, 1.82) is 0 Å². The van der Waals surface area contributed by atoms with E-state index in [1.807, 2.05) is 0 Å². The van der Waals surface area contributed by atoms with Crippen LogP contribution >= 0.6 is 0 Å². The summed E-state index contributed by atoms with van der Waals surface area (Å²) in [5.41, 5.74) is 0. The molecule has 0 aromatic carbocycles. The number of rotatable bonds is 0. The Kier molecular flexibility index (Phi) is 7.38. The van der Waals surface area contributed by atoms with Crippen LogP contribution in [0, 0.1) is 0 Å². The molecule has 0 aliphatic carbocycles. The molecule has 4 heteroatoms. The molecule has 0 aromatic heterocycles. The van der Waals surface area contributed by atoms with E-state index in [1.54, 1.807) is 0 Å². The van der Waals surface area contributed by atoms with Crippen molar-refractivity contribution in [2.24, 2.45) is 0 Å². The largest absolute Gasteiger partial charge is 0.505 e. The molecular weight excluding hydrogens is 136 g/mol. The SMILES string of the molecule is COC(=O)O.[Cu]. The molecule has 0 unspecified atom stereocenters. The van der Waals surface area contributed by atoms with Crippen molar-refractivity contribution in [3.63, 3.8) is 0 Å². The minimum absolute atomic E-state index is 0. The minimum Gasteiger partial charge on any atom is -0.450 e. The van der Waals surface area contributed by atoms with Gasteiger partial charge >= 0.3 is 6.16 Å². The second-order valence-electron chi connectivity index (χ2n) is 0.470. The third-order valence-electron chi connectivity index (χ3n) is 0.175. The molecule has 0 aromatic rings. The topological polar surface area (TPSA) is 46.5 Å². The Morgan fingerprint density at radius 3 is 2.00 bits per heavy atom. The molecule has 0 amide bonds. The van der Waals surface area contributed by atoms with Crippen LogP contribution in [0.3, 0.4) is 0 Å². The third-order valence-corrected chi connectivity index (χ3v) is 0.175. The first-order chi connectivity index (χ1) is 2.27. The van der Waals surface area contributed by atoms with Gasteiger partial charge in [0.25, 0.3) is 0 Å². The fraction of sp³-hybridized carbons (Fsp3) is 0.500. The molecule has 1 N–H and O–H groups in total. The zero-order valence-corrected chi connectivity index (χ0v) is 4.01. The molecule has 41 valence electrons. The van der Waals surface area contributed by atoms with Crippen LogP contribution in [-0.4, -0.2) is 18.4 Å². The summed E-state index contributed by atoms with van der Waals surface area (Å²) in [6, 6.07) is 0. The fourth-order valence-corrected chi connectivity index (χ4v) is 0. The van der Waals surface area contributed by atoms with Crippen molar-refractivity contribution in [2.45, 2.75) is 0 Å². The van der Waals surface area contributed by atoms with E-state index >= 15 is 0 Å². The molecule has 6 heavy (non-hydrogen) atoms. The first-order valence-electron chi connectivity index (χ1n) is 1.04. The van der Waals surface area contributed by atoms with E-state index in [-0.39, 0.29) is 17.1 Å². The van der Waals surface area contributed by atoms with Crippen molar-refractivity contribution in [2.75, 3.05) is 7.11 Å². The summed E-state index contributed by atoms with van der Waals surface area (Å²) in [5, 5.41) is 7.50. The minimum atomic E-state index is -1.25. The van der Waals surface area contributed by atoms with Gasteiger partial charge in [-0.15, -0.1) is 0 Å².